The van der Waals surface area contributed by atoms with Gasteiger partial charge in [-0.1, -0.05) is 12.8 Å². The van der Waals surface area contributed by atoms with E-state index in [2.05, 4.69) is 5.32 Å². The van der Waals surface area contributed by atoms with Crippen molar-refractivity contribution >= 4 is 18.0 Å². The highest BCUT2D eigenvalue weighted by Gasteiger charge is 2.23. The molecule has 1 saturated heterocycles. The minimum absolute atomic E-state index is 0.0951. The van der Waals surface area contributed by atoms with E-state index in [4.69, 9.17) is 10.2 Å². The number of carboxylic acids is 2. The lowest BCUT2D eigenvalue weighted by molar-refractivity contribution is -0.140. The van der Waals surface area contributed by atoms with Crippen LogP contribution in [0.1, 0.15) is 51.4 Å². The molecular formula is C14H24N2O5. The highest BCUT2D eigenvalue weighted by atomic mass is 16.4. The van der Waals surface area contributed by atoms with E-state index in [0.717, 1.165) is 19.3 Å². The van der Waals surface area contributed by atoms with E-state index in [1.54, 1.807) is 4.90 Å². The van der Waals surface area contributed by atoms with Crippen molar-refractivity contribution in [3.05, 3.63) is 0 Å². The summed E-state index contributed by atoms with van der Waals surface area (Å²) in [5.41, 5.74) is 0. The molecule has 1 aliphatic rings. The minimum atomic E-state index is -1.04. The zero-order valence-electron chi connectivity index (χ0n) is 12.2. The molecule has 7 nitrogen and oxygen atoms in total. The number of nitrogens with one attached hydrogen (secondary N) is 1. The van der Waals surface area contributed by atoms with Crippen LogP contribution in [0.25, 0.3) is 0 Å². The number of carbonyl (C=O) groups excluding carboxylic acids is 1. The summed E-state index contributed by atoms with van der Waals surface area (Å²) in [4.78, 5) is 35.2. The molecule has 0 aromatic heterocycles. The first-order chi connectivity index (χ1) is 10.0. The SMILES string of the molecule is O=C(O)CCCCCC(NC(=O)N1CCCCC1)C(=O)O. The van der Waals surface area contributed by atoms with Crippen LogP contribution in [0.5, 0.6) is 0 Å². The first-order valence-corrected chi connectivity index (χ1v) is 7.50. The molecule has 21 heavy (non-hydrogen) atoms. The molecule has 120 valence electrons. The molecule has 0 aromatic carbocycles. The number of urea groups is 1. The van der Waals surface area contributed by atoms with Gasteiger partial charge in [0.25, 0.3) is 0 Å². The van der Waals surface area contributed by atoms with Gasteiger partial charge in [-0.2, -0.15) is 0 Å². The monoisotopic (exact) mass is 300 g/mol. The number of carboxylic acid groups (broad SMARTS) is 2. The molecule has 1 heterocycles. The summed E-state index contributed by atoms with van der Waals surface area (Å²) >= 11 is 0. The van der Waals surface area contributed by atoms with Crippen LogP contribution in [0, 0.1) is 0 Å². The number of piperidine rings is 1. The molecule has 0 spiro atoms. The lowest BCUT2D eigenvalue weighted by Crippen LogP contribution is -2.49. The fraction of sp³-hybridized carbons (Fsp3) is 0.786. The molecule has 0 radical (unpaired) electrons. The maximum absolute atomic E-state index is 12.0. The van der Waals surface area contributed by atoms with Gasteiger partial charge >= 0.3 is 18.0 Å². The summed E-state index contributed by atoms with van der Waals surface area (Å²) in [6.07, 6.45) is 5.21. The molecule has 1 aliphatic heterocycles. The van der Waals surface area contributed by atoms with Crippen LogP contribution in [-0.4, -0.2) is 52.2 Å². The Hall–Kier alpha value is -1.79. The standard InChI is InChI=1S/C14H24N2O5/c17-12(18)8-4-1-3-7-11(13(19)20)15-14(21)16-9-5-2-6-10-16/h11H,1-10H2,(H,15,21)(H,17,18)(H,19,20). The molecular weight excluding hydrogens is 276 g/mol. The maximum Gasteiger partial charge on any atom is 0.326 e. The van der Waals surface area contributed by atoms with E-state index in [1.165, 1.54) is 0 Å². The molecule has 1 unspecified atom stereocenters. The third kappa shape index (κ3) is 6.97. The second kappa shape index (κ2) is 9.20. The van der Waals surface area contributed by atoms with Crippen LogP contribution < -0.4 is 5.32 Å². The molecule has 1 atom stereocenters. The number of unbranched alkanes of at least 4 members (excludes halogenated alkanes) is 2. The van der Waals surface area contributed by atoms with Crippen LogP contribution >= 0.6 is 0 Å². The Bertz CT molecular complexity index is 366. The van der Waals surface area contributed by atoms with Crippen molar-refractivity contribution in [3.63, 3.8) is 0 Å². The zero-order chi connectivity index (χ0) is 15.7. The van der Waals surface area contributed by atoms with Crippen molar-refractivity contribution < 1.29 is 24.6 Å². The maximum atomic E-state index is 12.0. The van der Waals surface area contributed by atoms with Gasteiger partial charge in [0.15, 0.2) is 0 Å². The Balaban J connectivity index is 2.30. The van der Waals surface area contributed by atoms with Crippen LogP contribution in [0.2, 0.25) is 0 Å². The van der Waals surface area contributed by atoms with Gasteiger partial charge in [0.05, 0.1) is 0 Å². The number of hydrogen-bond acceptors (Lipinski definition) is 3. The van der Waals surface area contributed by atoms with Gasteiger partial charge in [0, 0.05) is 19.5 Å². The van der Waals surface area contributed by atoms with E-state index in [-0.39, 0.29) is 12.5 Å². The quantitative estimate of drug-likeness (QED) is 0.591. The van der Waals surface area contributed by atoms with Gasteiger partial charge in [-0.05, 0) is 32.1 Å². The van der Waals surface area contributed by atoms with Crippen LogP contribution in [0.4, 0.5) is 4.79 Å². The summed E-state index contributed by atoms with van der Waals surface area (Å²) in [6.45, 7) is 1.35. The van der Waals surface area contributed by atoms with Crippen molar-refractivity contribution in [2.45, 2.75) is 57.4 Å². The predicted octanol–water partition coefficient (Wildman–Crippen LogP) is 1.67. The van der Waals surface area contributed by atoms with Gasteiger partial charge in [-0.3, -0.25) is 4.79 Å². The Morgan fingerprint density at radius 1 is 1.00 bits per heavy atom. The summed E-state index contributed by atoms with van der Waals surface area (Å²) in [5, 5.41) is 20.2. The third-order valence-electron chi connectivity index (χ3n) is 3.62. The number of carbonyl (C=O) groups is 3. The summed E-state index contributed by atoms with van der Waals surface area (Å²) in [6, 6.07) is -1.21. The zero-order valence-corrected chi connectivity index (χ0v) is 12.2. The minimum Gasteiger partial charge on any atom is -0.481 e. The van der Waals surface area contributed by atoms with Crippen molar-refractivity contribution in [1.29, 1.82) is 0 Å². The molecule has 7 heteroatoms. The number of likely N-dealkylation sites (tertiary alicyclic amines) is 1. The van der Waals surface area contributed by atoms with Crippen LogP contribution in [-0.2, 0) is 9.59 Å². The number of aliphatic carboxylic acids is 2. The molecule has 0 aliphatic carbocycles. The van der Waals surface area contributed by atoms with E-state index < -0.39 is 18.0 Å². The largest absolute Gasteiger partial charge is 0.481 e. The number of rotatable bonds is 8. The molecule has 0 aromatic rings. The molecule has 1 fully saturated rings. The van der Waals surface area contributed by atoms with E-state index >= 15 is 0 Å². The van der Waals surface area contributed by atoms with Crippen molar-refractivity contribution in [2.24, 2.45) is 0 Å². The average Bonchev–Trinajstić information content (AvgIpc) is 2.45. The molecule has 0 bridgehead atoms. The van der Waals surface area contributed by atoms with E-state index in [9.17, 15) is 14.4 Å². The lowest BCUT2D eigenvalue weighted by Gasteiger charge is -2.28. The average molecular weight is 300 g/mol. The summed E-state index contributed by atoms with van der Waals surface area (Å²) in [5.74, 6) is -1.89. The van der Waals surface area contributed by atoms with E-state index in [0.29, 0.717) is 38.8 Å². The highest BCUT2D eigenvalue weighted by Crippen LogP contribution is 2.10. The topological polar surface area (TPSA) is 107 Å². The number of nitrogens with zero attached hydrogens (tertiary/aromatic N) is 1. The summed E-state index contributed by atoms with van der Waals surface area (Å²) in [7, 11) is 0. The van der Waals surface area contributed by atoms with Crippen molar-refractivity contribution in [3.8, 4) is 0 Å². The van der Waals surface area contributed by atoms with Gasteiger partial charge in [-0.25, -0.2) is 9.59 Å². The first kappa shape index (κ1) is 17.3. The van der Waals surface area contributed by atoms with Gasteiger partial charge in [0.1, 0.15) is 6.04 Å². The molecule has 3 N–H and O–H groups in total. The fourth-order valence-corrected chi connectivity index (χ4v) is 2.40. The Labute approximate surface area is 124 Å². The third-order valence-corrected chi connectivity index (χ3v) is 3.62. The van der Waals surface area contributed by atoms with E-state index in [1.807, 2.05) is 0 Å². The Morgan fingerprint density at radius 3 is 2.24 bits per heavy atom. The first-order valence-electron chi connectivity index (χ1n) is 7.50. The fourth-order valence-electron chi connectivity index (χ4n) is 2.40. The Morgan fingerprint density at radius 2 is 1.67 bits per heavy atom. The van der Waals surface area contributed by atoms with Crippen LogP contribution in [0.15, 0.2) is 0 Å². The van der Waals surface area contributed by atoms with Crippen molar-refractivity contribution in [2.75, 3.05) is 13.1 Å². The van der Waals surface area contributed by atoms with Crippen LogP contribution in [0.3, 0.4) is 0 Å². The predicted molar refractivity (Wildman–Crippen MR) is 76.1 cm³/mol. The molecule has 2 amide bonds. The van der Waals surface area contributed by atoms with Gasteiger partial charge in [-0.15, -0.1) is 0 Å². The van der Waals surface area contributed by atoms with Crippen molar-refractivity contribution in [1.82, 2.24) is 10.2 Å². The normalized spacial score (nSPS) is 16.3. The Kier molecular flexibility index (Phi) is 7.56. The smallest absolute Gasteiger partial charge is 0.326 e. The van der Waals surface area contributed by atoms with Gasteiger partial charge in [0.2, 0.25) is 0 Å². The lowest BCUT2D eigenvalue weighted by atomic mass is 10.1. The number of hydrogen-bond donors (Lipinski definition) is 3. The highest BCUT2D eigenvalue weighted by molar-refractivity contribution is 5.82. The van der Waals surface area contributed by atoms with Gasteiger partial charge < -0.3 is 20.4 Å². The number of amides is 2. The summed E-state index contributed by atoms with van der Waals surface area (Å²) < 4.78 is 0. The molecule has 0 saturated carbocycles. The second-order valence-corrected chi connectivity index (χ2v) is 5.38. The molecule has 1 rings (SSSR count). The second-order valence-electron chi connectivity index (χ2n) is 5.38.